The topological polar surface area (TPSA) is 75.7 Å². The molecule has 170 valence electrons. The zero-order chi connectivity index (χ0) is 23.3. The van der Waals surface area contributed by atoms with Gasteiger partial charge in [-0.1, -0.05) is 45.9 Å². The quantitative estimate of drug-likeness (QED) is 0.602. The second-order valence-corrected chi connectivity index (χ2v) is 8.79. The predicted molar refractivity (Wildman–Crippen MR) is 126 cm³/mol. The van der Waals surface area contributed by atoms with Crippen molar-refractivity contribution in [3.63, 3.8) is 0 Å². The van der Waals surface area contributed by atoms with E-state index >= 15 is 0 Å². The van der Waals surface area contributed by atoms with E-state index in [-0.39, 0.29) is 30.3 Å². The first-order chi connectivity index (χ1) is 15.3. The lowest BCUT2D eigenvalue weighted by atomic mass is 9.92. The van der Waals surface area contributed by atoms with Crippen LogP contribution in [0.3, 0.4) is 0 Å². The van der Waals surface area contributed by atoms with Crippen LogP contribution in [-0.4, -0.2) is 30.9 Å². The summed E-state index contributed by atoms with van der Waals surface area (Å²) in [5.41, 5.74) is 4.03. The van der Waals surface area contributed by atoms with Gasteiger partial charge in [0.15, 0.2) is 6.61 Å². The largest absolute Gasteiger partial charge is 0.452 e. The van der Waals surface area contributed by atoms with Gasteiger partial charge in [0.1, 0.15) is 0 Å². The van der Waals surface area contributed by atoms with Crippen LogP contribution in [0.4, 0.5) is 11.4 Å². The normalized spacial score (nSPS) is 14.1. The summed E-state index contributed by atoms with van der Waals surface area (Å²) >= 11 is 0. The lowest BCUT2D eigenvalue weighted by Crippen LogP contribution is -2.35. The predicted octanol–water partition coefficient (Wildman–Crippen LogP) is 5.25. The Morgan fingerprint density at radius 3 is 2.16 bits per heavy atom. The van der Waals surface area contributed by atoms with Gasteiger partial charge in [-0.3, -0.25) is 9.59 Å². The fourth-order valence-corrected chi connectivity index (χ4v) is 3.94. The van der Waals surface area contributed by atoms with Crippen LogP contribution in [0.25, 0.3) is 0 Å². The summed E-state index contributed by atoms with van der Waals surface area (Å²) in [5, 5.41) is 2.95. The van der Waals surface area contributed by atoms with Gasteiger partial charge in [0.2, 0.25) is 5.91 Å². The number of hydrogen-bond donors (Lipinski definition) is 1. The highest BCUT2D eigenvalue weighted by Crippen LogP contribution is 2.32. The van der Waals surface area contributed by atoms with Crippen LogP contribution in [0.15, 0.2) is 42.5 Å². The van der Waals surface area contributed by atoms with Crippen LogP contribution in [0.5, 0.6) is 0 Å². The van der Waals surface area contributed by atoms with E-state index < -0.39 is 5.97 Å². The molecule has 0 radical (unpaired) electrons. The molecule has 0 saturated carbocycles. The molecule has 2 amide bonds. The molecule has 3 rings (SSSR count). The van der Waals surface area contributed by atoms with Gasteiger partial charge in [-0.2, -0.15) is 0 Å². The van der Waals surface area contributed by atoms with Gasteiger partial charge in [-0.25, -0.2) is 4.79 Å². The van der Waals surface area contributed by atoms with E-state index in [0.29, 0.717) is 18.5 Å². The smallest absolute Gasteiger partial charge is 0.338 e. The first-order valence-corrected chi connectivity index (χ1v) is 11.3. The van der Waals surface area contributed by atoms with Gasteiger partial charge < -0.3 is 15.0 Å². The third-order valence-corrected chi connectivity index (χ3v) is 5.71. The van der Waals surface area contributed by atoms with E-state index in [4.69, 9.17) is 4.74 Å². The molecule has 32 heavy (non-hydrogen) atoms. The van der Waals surface area contributed by atoms with Crippen molar-refractivity contribution in [3.8, 4) is 0 Å². The fourth-order valence-electron chi connectivity index (χ4n) is 3.94. The highest BCUT2D eigenvalue weighted by atomic mass is 16.5. The van der Waals surface area contributed by atoms with Crippen LogP contribution in [-0.2, 0) is 14.3 Å². The minimum absolute atomic E-state index is 0.102. The van der Waals surface area contributed by atoms with Crippen molar-refractivity contribution in [2.75, 3.05) is 23.4 Å². The first kappa shape index (κ1) is 23.5. The number of nitrogens with zero attached hydrogens (tertiary/aromatic N) is 1. The Kier molecular flexibility index (Phi) is 7.67. The number of nitrogens with one attached hydrogen (secondary N) is 1. The fraction of sp³-hybridized carbons (Fsp3) is 0.423. The molecule has 1 aliphatic rings. The summed E-state index contributed by atoms with van der Waals surface area (Å²) in [7, 11) is 0. The van der Waals surface area contributed by atoms with E-state index in [1.54, 1.807) is 29.2 Å². The molecule has 0 atom stereocenters. The van der Waals surface area contributed by atoms with Crippen LogP contribution in [0.2, 0.25) is 0 Å². The molecule has 0 unspecified atom stereocenters. The highest BCUT2D eigenvalue weighted by molar-refractivity contribution is 5.97. The summed E-state index contributed by atoms with van der Waals surface area (Å²) in [6.45, 7) is 8.65. The summed E-state index contributed by atoms with van der Waals surface area (Å²) in [6.07, 6.45) is 2.45. The third kappa shape index (κ3) is 5.55. The van der Waals surface area contributed by atoms with Crippen LogP contribution in [0, 0.1) is 0 Å². The molecule has 0 aliphatic carbocycles. The standard InChI is InChI=1S/C26H32N2O4/c1-17(2)21-8-7-9-22(18(3)4)25(21)27-23(29)16-32-26(31)19-11-13-20(14-12-19)28-15-6-5-10-24(28)30/h7-9,11-14,17-18H,5-6,10,15-16H2,1-4H3,(H,27,29). The number of para-hydroxylation sites is 1. The lowest BCUT2D eigenvalue weighted by Gasteiger charge is -2.26. The maximum absolute atomic E-state index is 12.6. The average molecular weight is 437 g/mol. The van der Waals surface area contributed by atoms with Gasteiger partial charge in [0, 0.05) is 24.3 Å². The molecular formula is C26H32N2O4. The van der Waals surface area contributed by atoms with E-state index in [0.717, 1.165) is 35.3 Å². The number of carbonyl (C=O) groups excluding carboxylic acids is 3. The molecular weight excluding hydrogens is 404 g/mol. The first-order valence-electron chi connectivity index (χ1n) is 11.3. The number of esters is 1. The second-order valence-electron chi connectivity index (χ2n) is 8.79. The molecule has 1 N–H and O–H groups in total. The summed E-state index contributed by atoms with van der Waals surface area (Å²) in [5.74, 6) is -0.346. The molecule has 2 aromatic carbocycles. The van der Waals surface area contributed by atoms with Gasteiger partial charge in [0.05, 0.1) is 5.56 Å². The highest BCUT2D eigenvalue weighted by Gasteiger charge is 2.20. The van der Waals surface area contributed by atoms with Gasteiger partial charge >= 0.3 is 5.97 Å². The molecule has 1 heterocycles. The van der Waals surface area contributed by atoms with Crippen molar-refractivity contribution in [1.82, 2.24) is 0 Å². The Balaban J connectivity index is 1.62. The van der Waals surface area contributed by atoms with Crippen molar-refractivity contribution < 1.29 is 19.1 Å². The number of anilines is 2. The van der Waals surface area contributed by atoms with Crippen molar-refractivity contribution in [1.29, 1.82) is 0 Å². The van der Waals surface area contributed by atoms with E-state index in [1.807, 2.05) is 18.2 Å². The second kappa shape index (κ2) is 10.4. The van der Waals surface area contributed by atoms with Crippen molar-refractivity contribution in [3.05, 3.63) is 59.2 Å². The van der Waals surface area contributed by atoms with Crippen molar-refractivity contribution in [2.45, 2.75) is 58.8 Å². The lowest BCUT2D eigenvalue weighted by molar-refractivity contribution is -0.120. The number of piperidine rings is 1. The van der Waals surface area contributed by atoms with Gasteiger partial charge in [-0.05, 0) is 60.1 Å². The zero-order valence-electron chi connectivity index (χ0n) is 19.3. The number of amides is 2. The summed E-state index contributed by atoms with van der Waals surface area (Å²) in [4.78, 5) is 38.8. The minimum Gasteiger partial charge on any atom is -0.452 e. The van der Waals surface area contributed by atoms with Gasteiger partial charge in [-0.15, -0.1) is 0 Å². The van der Waals surface area contributed by atoms with Crippen LogP contribution in [0.1, 0.15) is 80.3 Å². The zero-order valence-corrected chi connectivity index (χ0v) is 19.3. The molecule has 6 nitrogen and oxygen atoms in total. The Morgan fingerprint density at radius 2 is 1.59 bits per heavy atom. The number of hydrogen-bond acceptors (Lipinski definition) is 4. The van der Waals surface area contributed by atoms with E-state index in [1.165, 1.54) is 0 Å². The van der Waals surface area contributed by atoms with E-state index in [9.17, 15) is 14.4 Å². The SMILES string of the molecule is CC(C)c1cccc(C(C)C)c1NC(=O)COC(=O)c1ccc(N2CCCCC2=O)cc1. The molecule has 2 aromatic rings. The molecule has 6 heteroatoms. The maximum Gasteiger partial charge on any atom is 0.338 e. The maximum atomic E-state index is 12.6. The Hall–Kier alpha value is -3.15. The van der Waals surface area contributed by atoms with Crippen LogP contribution < -0.4 is 10.2 Å². The number of benzene rings is 2. The third-order valence-electron chi connectivity index (χ3n) is 5.71. The molecule has 1 saturated heterocycles. The molecule has 0 bridgehead atoms. The van der Waals surface area contributed by atoms with Crippen LogP contribution >= 0.6 is 0 Å². The molecule has 0 aromatic heterocycles. The molecule has 1 aliphatic heterocycles. The van der Waals surface area contributed by atoms with Gasteiger partial charge in [0.25, 0.3) is 5.91 Å². The Labute approximate surface area is 189 Å². The Bertz CT molecular complexity index is 954. The minimum atomic E-state index is -0.571. The number of carbonyl (C=O) groups is 3. The van der Waals surface area contributed by atoms with E-state index in [2.05, 4.69) is 33.0 Å². The van der Waals surface area contributed by atoms with Crippen molar-refractivity contribution in [2.24, 2.45) is 0 Å². The van der Waals surface area contributed by atoms with Crippen molar-refractivity contribution >= 4 is 29.2 Å². The molecule has 0 spiro atoms. The number of ether oxygens (including phenoxy) is 1. The molecule has 1 fully saturated rings. The number of rotatable bonds is 7. The average Bonchev–Trinajstić information content (AvgIpc) is 2.77. The Morgan fingerprint density at radius 1 is 0.969 bits per heavy atom. The summed E-state index contributed by atoms with van der Waals surface area (Å²) in [6, 6.07) is 12.8. The monoisotopic (exact) mass is 436 g/mol. The summed E-state index contributed by atoms with van der Waals surface area (Å²) < 4.78 is 5.24.